The SMILES string of the molecule is COC(=O)C1CCCCC1S(=O)(=O)NCC1CCNC1. The normalized spacial score (nSPS) is 31.1. The number of carbonyl (C=O) groups is 1. The van der Waals surface area contributed by atoms with Crippen molar-refractivity contribution in [1.29, 1.82) is 0 Å². The van der Waals surface area contributed by atoms with Crippen LogP contribution in [-0.4, -0.2) is 46.4 Å². The molecule has 0 spiro atoms. The van der Waals surface area contributed by atoms with Gasteiger partial charge in [-0.2, -0.15) is 0 Å². The van der Waals surface area contributed by atoms with Gasteiger partial charge in [0.25, 0.3) is 0 Å². The highest BCUT2D eigenvalue weighted by molar-refractivity contribution is 7.90. The van der Waals surface area contributed by atoms with E-state index in [-0.39, 0.29) is 0 Å². The van der Waals surface area contributed by atoms with Gasteiger partial charge in [0.05, 0.1) is 18.3 Å². The first-order valence-electron chi connectivity index (χ1n) is 7.31. The van der Waals surface area contributed by atoms with Gasteiger partial charge in [0.15, 0.2) is 0 Å². The molecule has 0 radical (unpaired) electrons. The van der Waals surface area contributed by atoms with E-state index in [0.29, 0.717) is 25.3 Å². The highest BCUT2D eigenvalue weighted by Gasteiger charge is 2.40. The van der Waals surface area contributed by atoms with Gasteiger partial charge in [-0.3, -0.25) is 4.79 Å². The second kappa shape index (κ2) is 6.87. The minimum atomic E-state index is -3.45. The summed E-state index contributed by atoms with van der Waals surface area (Å²) in [7, 11) is -2.14. The van der Waals surface area contributed by atoms with E-state index in [4.69, 9.17) is 4.74 Å². The Kier molecular flexibility index (Phi) is 5.40. The lowest BCUT2D eigenvalue weighted by Gasteiger charge is -2.29. The van der Waals surface area contributed by atoms with Crippen molar-refractivity contribution in [3.63, 3.8) is 0 Å². The first-order chi connectivity index (χ1) is 9.54. The molecule has 1 aliphatic heterocycles. The molecule has 1 heterocycles. The van der Waals surface area contributed by atoms with Gasteiger partial charge in [0.2, 0.25) is 10.0 Å². The predicted octanol–water partition coefficient (Wildman–Crippen LogP) is 0.247. The number of esters is 1. The monoisotopic (exact) mass is 304 g/mol. The molecule has 0 amide bonds. The van der Waals surface area contributed by atoms with Gasteiger partial charge in [-0.1, -0.05) is 12.8 Å². The standard InChI is InChI=1S/C13H24N2O4S/c1-19-13(16)11-4-2-3-5-12(11)20(17,18)15-9-10-6-7-14-8-10/h10-12,14-15H,2-9H2,1H3. The first kappa shape index (κ1) is 15.7. The lowest BCUT2D eigenvalue weighted by Crippen LogP contribution is -2.45. The molecule has 116 valence electrons. The van der Waals surface area contributed by atoms with Crippen molar-refractivity contribution >= 4 is 16.0 Å². The molecule has 2 fully saturated rings. The quantitative estimate of drug-likeness (QED) is 0.711. The molecule has 0 bridgehead atoms. The molecule has 6 nitrogen and oxygen atoms in total. The minimum Gasteiger partial charge on any atom is -0.469 e. The summed E-state index contributed by atoms with van der Waals surface area (Å²) in [5.41, 5.74) is 0. The molecular formula is C13H24N2O4S. The summed E-state index contributed by atoms with van der Waals surface area (Å²) in [5, 5.41) is 2.57. The van der Waals surface area contributed by atoms with Crippen LogP contribution in [0.15, 0.2) is 0 Å². The Morgan fingerprint density at radius 2 is 2.05 bits per heavy atom. The lowest BCUT2D eigenvalue weighted by atomic mass is 9.89. The zero-order valence-corrected chi connectivity index (χ0v) is 12.7. The number of nitrogens with one attached hydrogen (secondary N) is 2. The Balaban J connectivity index is 1.99. The zero-order valence-electron chi connectivity index (χ0n) is 11.9. The van der Waals surface area contributed by atoms with Crippen LogP contribution >= 0.6 is 0 Å². The van der Waals surface area contributed by atoms with Crippen molar-refractivity contribution in [2.24, 2.45) is 11.8 Å². The van der Waals surface area contributed by atoms with Crippen LogP contribution in [0.5, 0.6) is 0 Å². The molecule has 2 N–H and O–H groups in total. The summed E-state index contributed by atoms with van der Waals surface area (Å²) >= 11 is 0. The van der Waals surface area contributed by atoms with Crippen molar-refractivity contribution < 1.29 is 17.9 Å². The molecule has 20 heavy (non-hydrogen) atoms. The Morgan fingerprint density at radius 3 is 2.70 bits per heavy atom. The average molecular weight is 304 g/mol. The Bertz CT molecular complexity index is 432. The summed E-state index contributed by atoms with van der Waals surface area (Å²) in [6.07, 6.45) is 3.87. The van der Waals surface area contributed by atoms with E-state index in [1.54, 1.807) is 0 Å². The van der Waals surface area contributed by atoms with Crippen LogP contribution in [0.25, 0.3) is 0 Å². The minimum absolute atomic E-state index is 0.352. The second-order valence-corrected chi connectivity index (χ2v) is 7.69. The van der Waals surface area contributed by atoms with E-state index in [1.807, 2.05) is 0 Å². The van der Waals surface area contributed by atoms with Crippen LogP contribution in [0.3, 0.4) is 0 Å². The summed E-state index contributed by atoms with van der Waals surface area (Å²) in [4.78, 5) is 11.8. The maximum absolute atomic E-state index is 12.4. The Morgan fingerprint density at radius 1 is 1.30 bits per heavy atom. The number of methoxy groups -OCH3 is 1. The van der Waals surface area contributed by atoms with Gasteiger partial charge in [-0.15, -0.1) is 0 Å². The van der Waals surface area contributed by atoms with Crippen molar-refractivity contribution in [2.45, 2.75) is 37.4 Å². The van der Waals surface area contributed by atoms with Crippen LogP contribution in [0.1, 0.15) is 32.1 Å². The van der Waals surface area contributed by atoms with E-state index in [0.717, 1.165) is 32.4 Å². The van der Waals surface area contributed by atoms with Crippen LogP contribution < -0.4 is 10.0 Å². The first-order valence-corrected chi connectivity index (χ1v) is 8.86. The maximum Gasteiger partial charge on any atom is 0.310 e. The third-order valence-corrected chi connectivity index (χ3v) is 6.27. The Hall–Kier alpha value is -0.660. The number of hydrogen-bond acceptors (Lipinski definition) is 5. The molecule has 0 aromatic carbocycles. The Labute approximate surface area is 120 Å². The predicted molar refractivity (Wildman–Crippen MR) is 75.7 cm³/mol. The highest BCUT2D eigenvalue weighted by atomic mass is 32.2. The van der Waals surface area contributed by atoms with Gasteiger partial charge >= 0.3 is 5.97 Å². The third-order valence-electron chi connectivity index (χ3n) is 4.34. The van der Waals surface area contributed by atoms with E-state index in [9.17, 15) is 13.2 Å². The number of ether oxygens (including phenoxy) is 1. The van der Waals surface area contributed by atoms with Crippen molar-refractivity contribution in [3.8, 4) is 0 Å². The zero-order chi connectivity index (χ0) is 14.6. The summed E-state index contributed by atoms with van der Waals surface area (Å²) in [6.45, 7) is 2.26. The summed E-state index contributed by atoms with van der Waals surface area (Å²) < 4.78 is 32.3. The van der Waals surface area contributed by atoms with Crippen LogP contribution in [-0.2, 0) is 19.6 Å². The second-order valence-electron chi connectivity index (χ2n) is 5.70. The third kappa shape index (κ3) is 3.71. The fourth-order valence-corrected chi connectivity index (χ4v) is 4.96. The average Bonchev–Trinajstić information content (AvgIpc) is 2.98. The van der Waals surface area contributed by atoms with Gasteiger partial charge in [-0.05, 0) is 38.3 Å². The fraction of sp³-hybridized carbons (Fsp3) is 0.923. The molecule has 1 saturated carbocycles. The van der Waals surface area contributed by atoms with E-state index < -0.39 is 27.2 Å². The highest BCUT2D eigenvalue weighted by Crippen LogP contribution is 2.30. The number of sulfonamides is 1. The molecule has 7 heteroatoms. The molecule has 1 saturated heterocycles. The number of hydrogen-bond donors (Lipinski definition) is 2. The summed E-state index contributed by atoms with van der Waals surface area (Å²) in [6, 6.07) is 0. The van der Waals surface area contributed by atoms with Crippen molar-refractivity contribution in [3.05, 3.63) is 0 Å². The maximum atomic E-state index is 12.4. The van der Waals surface area contributed by atoms with E-state index in [2.05, 4.69) is 10.0 Å². The largest absolute Gasteiger partial charge is 0.469 e. The molecule has 3 unspecified atom stereocenters. The molecular weight excluding hydrogens is 280 g/mol. The molecule has 2 aliphatic rings. The van der Waals surface area contributed by atoms with Gasteiger partial charge in [-0.25, -0.2) is 13.1 Å². The van der Waals surface area contributed by atoms with E-state index in [1.165, 1.54) is 7.11 Å². The van der Waals surface area contributed by atoms with Gasteiger partial charge in [0.1, 0.15) is 0 Å². The van der Waals surface area contributed by atoms with Gasteiger partial charge in [0, 0.05) is 6.54 Å². The fourth-order valence-electron chi connectivity index (χ4n) is 3.12. The van der Waals surface area contributed by atoms with Crippen molar-refractivity contribution in [2.75, 3.05) is 26.7 Å². The molecule has 0 aromatic heterocycles. The lowest BCUT2D eigenvalue weighted by molar-refractivity contribution is -0.146. The van der Waals surface area contributed by atoms with Crippen molar-refractivity contribution in [1.82, 2.24) is 10.0 Å². The number of carbonyl (C=O) groups excluding carboxylic acids is 1. The van der Waals surface area contributed by atoms with Crippen LogP contribution in [0.2, 0.25) is 0 Å². The van der Waals surface area contributed by atoms with Gasteiger partial charge < -0.3 is 10.1 Å². The number of rotatable bonds is 5. The topological polar surface area (TPSA) is 84.5 Å². The molecule has 3 atom stereocenters. The molecule has 0 aromatic rings. The molecule has 2 rings (SSSR count). The van der Waals surface area contributed by atoms with Crippen LogP contribution in [0.4, 0.5) is 0 Å². The molecule has 1 aliphatic carbocycles. The smallest absolute Gasteiger partial charge is 0.310 e. The summed E-state index contributed by atoms with van der Waals surface area (Å²) in [5.74, 6) is -0.569. The van der Waals surface area contributed by atoms with E-state index >= 15 is 0 Å². The van der Waals surface area contributed by atoms with Crippen LogP contribution in [0, 0.1) is 11.8 Å².